The maximum absolute atomic E-state index is 12.7. The average Bonchev–Trinajstić information content (AvgIpc) is 2.67. The Balaban J connectivity index is 1.51. The maximum Gasteiger partial charge on any atom is 0.225 e. The molecule has 1 aromatic carbocycles. The quantitative estimate of drug-likeness (QED) is 0.749. The van der Waals surface area contributed by atoms with Gasteiger partial charge in [-0.3, -0.25) is 9.59 Å². The number of carbonyl (C=O) groups excluding carboxylic acids is 2. The number of amides is 1. The molecule has 7 heteroatoms. The predicted octanol–water partition coefficient (Wildman–Crippen LogP) is 1.78. The fraction of sp³-hybridized carbons (Fsp3) is 0.579. The Hall–Kier alpha value is -1.73. The first-order chi connectivity index (χ1) is 12.4. The zero-order valence-electron chi connectivity index (χ0n) is 15.1. The third-order valence-corrected chi connectivity index (χ3v) is 6.81. The van der Waals surface area contributed by atoms with Crippen LogP contribution >= 0.6 is 0 Å². The monoisotopic (exact) mass is 378 g/mol. The van der Waals surface area contributed by atoms with E-state index < -0.39 is 10.0 Å². The molecule has 2 fully saturated rings. The molecule has 2 aliphatic rings. The fourth-order valence-electron chi connectivity index (χ4n) is 3.89. The van der Waals surface area contributed by atoms with E-state index in [0.717, 1.165) is 5.56 Å². The second kappa shape index (κ2) is 7.88. The second-order valence-electron chi connectivity index (χ2n) is 7.27. The molecule has 0 aliphatic carbocycles. The third-order valence-electron chi connectivity index (χ3n) is 5.51. The summed E-state index contributed by atoms with van der Waals surface area (Å²) in [7, 11) is -3.17. The normalized spacial score (nSPS) is 20.9. The summed E-state index contributed by atoms with van der Waals surface area (Å²) in [5.41, 5.74) is 0.741. The molecule has 1 aromatic rings. The Labute approximate surface area is 155 Å². The summed E-state index contributed by atoms with van der Waals surface area (Å²) in [6.07, 6.45) is 3.76. The van der Waals surface area contributed by atoms with E-state index in [4.69, 9.17) is 0 Å². The van der Waals surface area contributed by atoms with Crippen molar-refractivity contribution in [1.29, 1.82) is 0 Å². The number of Topliss-reactive ketones (excluding diaryl/α,β-unsaturated/α-hetero) is 1. The average molecular weight is 378 g/mol. The maximum atomic E-state index is 12.7. The van der Waals surface area contributed by atoms with Gasteiger partial charge in [0.25, 0.3) is 0 Å². The van der Waals surface area contributed by atoms with Crippen molar-refractivity contribution in [2.75, 3.05) is 32.4 Å². The molecule has 0 bridgehead atoms. The lowest BCUT2D eigenvalue weighted by molar-refractivity contribution is -0.138. The van der Waals surface area contributed by atoms with Gasteiger partial charge in [0, 0.05) is 43.6 Å². The molecule has 0 radical (unpaired) electrons. The highest BCUT2D eigenvalue weighted by Gasteiger charge is 2.34. The Morgan fingerprint density at radius 1 is 0.885 bits per heavy atom. The van der Waals surface area contributed by atoms with Gasteiger partial charge in [0.1, 0.15) is 0 Å². The summed E-state index contributed by atoms with van der Waals surface area (Å²) in [5, 5.41) is 0. The largest absolute Gasteiger partial charge is 0.342 e. The van der Waals surface area contributed by atoms with Crippen LogP contribution in [0.3, 0.4) is 0 Å². The first kappa shape index (κ1) is 19.0. The fourth-order valence-corrected chi connectivity index (χ4v) is 4.77. The molecule has 142 valence electrons. The lowest BCUT2D eigenvalue weighted by Crippen LogP contribution is -2.47. The molecule has 1 amide bonds. The number of carbonyl (C=O) groups is 2. The van der Waals surface area contributed by atoms with Crippen molar-refractivity contribution in [3.63, 3.8) is 0 Å². The predicted molar refractivity (Wildman–Crippen MR) is 99.2 cm³/mol. The van der Waals surface area contributed by atoms with Crippen molar-refractivity contribution in [2.45, 2.75) is 25.7 Å². The van der Waals surface area contributed by atoms with Gasteiger partial charge < -0.3 is 4.90 Å². The smallest absolute Gasteiger partial charge is 0.225 e. The summed E-state index contributed by atoms with van der Waals surface area (Å²) in [6.45, 7) is 2.04. The standard InChI is InChI=1S/C19H26N2O4S/c1-26(24,25)21-13-9-17(10-14-21)19(23)20-11-7-16(8-12-20)18(22)15-5-3-2-4-6-15/h2-6,16-17H,7-14H2,1H3. The minimum absolute atomic E-state index is 0.0199. The van der Waals surface area contributed by atoms with Crippen LogP contribution in [0.15, 0.2) is 30.3 Å². The minimum atomic E-state index is -3.17. The van der Waals surface area contributed by atoms with Crippen LogP contribution in [0, 0.1) is 11.8 Å². The first-order valence-corrected chi connectivity index (χ1v) is 11.0. The van der Waals surface area contributed by atoms with Crippen LogP contribution < -0.4 is 0 Å². The Morgan fingerprint density at radius 2 is 1.42 bits per heavy atom. The van der Waals surface area contributed by atoms with Crippen LogP contribution in [-0.2, 0) is 14.8 Å². The molecule has 2 saturated heterocycles. The summed E-state index contributed by atoms with van der Waals surface area (Å²) in [6, 6.07) is 9.32. The van der Waals surface area contributed by atoms with Gasteiger partial charge in [-0.05, 0) is 25.7 Å². The van der Waals surface area contributed by atoms with Gasteiger partial charge >= 0.3 is 0 Å². The molecule has 2 heterocycles. The highest BCUT2D eigenvalue weighted by Crippen LogP contribution is 2.26. The molecule has 0 N–H and O–H groups in total. The number of rotatable bonds is 4. The zero-order chi connectivity index (χ0) is 18.7. The number of sulfonamides is 1. The first-order valence-electron chi connectivity index (χ1n) is 9.19. The van der Waals surface area contributed by atoms with E-state index in [1.165, 1.54) is 10.6 Å². The number of ketones is 1. The Kier molecular flexibility index (Phi) is 5.77. The third kappa shape index (κ3) is 4.32. The number of nitrogens with zero attached hydrogens (tertiary/aromatic N) is 2. The number of hydrogen-bond acceptors (Lipinski definition) is 4. The molecule has 0 aromatic heterocycles. The van der Waals surface area contributed by atoms with E-state index in [1.54, 1.807) is 0 Å². The van der Waals surface area contributed by atoms with E-state index in [0.29, 0.717) is 51.9 Å². The van der Waals surface area contributed by atoms with Crippen LogP contribution in [0.4, 0.5) is 0 Å². The highest BCUT2D eigenvalue weighted by molar-refractivity contribution is 7.88. The van der Waals surface area contributed by atoms with E-state index >= 15 is 0 Å². The summed E-state index contributed by atoms with van der Waals surface area (Å²) >= 11 is 0. The molecule has 0 saturated carbocycles. The molecule has 0 spiro atoms. The van der Waals surface area contributed by atoms with Gasteiger partial charge in [-0.2, -0.15) is 0 Å². The van der Waals surface area contributed by atoms with Crippen LogP contribution in [0.1, 0.15) is 36.0 Å². The lowest BCUT2D eigenvalue weighted by atomic mass is 9.88. The number of likely N-dealkylation sites (tertiary alicyclic amines) is 1. The van der Waals surface area contributed by atoms with Gasteiger partial charge in [-0.15, -0.1) is 0 Å². The summed E-state index contributed by atoms with van der Waals surface area (Å²) < 4.78 is 24.6. The van der Waals surface area contributed by atoms with Crippen LogP contribution in [0.2, 0.25) is 0 Å². The van der Waals surface area contributed by atoms with Crippen molar-refractivity contribution < 1.29 is 18.0 Å². The molecule has 0 unspecified atom stereocenters. The Morgan fingerprint density at radius 3 is 1.96 bits per heavy atom. The molecule has 6 nitrogen and oxygen atoms in total. The van der Waals surface area contributed by atoms with Gasteiger partial charge in [0.2, 0.25) is 15.9 Å². The zero-order valence-corrected chi connectivity index (χ0v) is 16.0. The van der Waals surface area contributed by atoms with Gasteiger partial charge in [-0.25, -0.2) is 12.7 Å². The molecule has 0 atom stereocenters. The summed E-state index contributed by atoms with van der Waals surface area (Å²) in [4.78, 5) is 27.1. The topological polar surface area (TPSA) is 74.8 Å². The van der Waals surface area contributed by atoms with Gasteiger partial charge in [0.15, 0.2) is 5.78 Å². The molecule has 2 aliphatic heterocycles. The Bertz CT molecular complexity index is 747. The van der Waals surface area contributed by atoms with Crippen molar-refractivity contribution in [2.24, 2.45) is 11.8 Å². The molecule has 26 heavy (non-hydrogen) atoms. The van der Waals surface area contributed by atoms with Crippen molar-refractivity contribution in [1.82, 2.24) is 9.21 Å². The number of hydrogen-bond donors (Lipinski definition) is 0. The van der Waals surface area contributed by atoms with E-state index in [-0.39, 0.29) is 23.5 Å². The van der Waals surface area contributed by atoms with Crippen LogP contribution in [0.25, 0.3) is 0 Å². The summed E-state index contributed by atoms with van der Waals surface area (Å²) in [5.74, 6) is 0.158. The van der Waals surface area contributed by atoms with Crippen molar-refractivity contribution in [3.8, 4) is 0 Å². The highest BCUT2D eigenvalue weighted by atomic mass is 32.2. The van der Waals surface area contributed by atoms with Gasteiger partial charge in [0.05, 0.1) is 6.26 Å². The van der Waals surface area contributed by atoms with Crippen LogP contribution in [-0.4, -0.2) is 61.7 Å². The lowest BCUT2D eigenvalue weighted by Gasteiger charge is -2.36. The second-order valence-corrected chi connectivity index (χ2v) is 9.25. The van der Waals surface area contributed by atoms with Crippen LogP contribution in [0.5, 0.6) is 0 Å². The van der Waals surface area contributed by atoms with Crippen molar-refractivity contribution in [3.05, 3.63) is 35.9 Å². The van der Waals surface area contributed by atoms with E-state index in [2.05, 4.69) is 0 Å². The van der Waals surface area contributed by atoms with E-state index in [1.807, 2.05) is 35.2 Å². The van der Waals surface area contributed by atoms with Gasteiger partial charge in [-0.1, -0.05) is 30.3 Å². The molecular weight excluding hydrogens is 352 g/mol. The number of benzene rings is 1. The molecular formula is C19H26N2O4S. The SMILES string of the molecule is CS(=O)(=O)N1CCC(C(=O)N2CCC(C(=O)c3ccccc3)CC2)CC1. The molecule has 3 rings (SSSR count). The minimum Gasteiger partial charge on any atom is -0.342 e. The van der Waals surface area contributed by atoms with E-state index in [9.17, 15) is 18.0 Å². The van der Waals surface area contributed by atoms with Crippen molar-refractivity contribution >= 4 is 21.7 Å². The number of piperidine rings is 2.